The fraction of sp³-hybridized carbons (Fsp3) is 0.167. The molecule has 0 aliphatic heterocycles. The third kappa shape index (κ3) is 4.88. The molecule has 0 fully saturated rings. The van der Waals surface area contributed by atoms with Crippen LogP contribution in [0.3, 0.4) is 0 Å². The van der Waals surface area contributed by atoms with Gasteiger partial charge in [0.05, 0.1) is 27.2 Å². The Morgan fingerprint density at radius 1 is 1.00 bits per heavy atom. The molecule has 8 nitrogen and oxygen atoms in total. The number of aryl methyl sites for hydroxylation is 1. The SMILES string of the molecule is CCN(CC)S(=O)(=O)c1cccc(-c2nn(-c3ccccc3)cc2/C=C(\C#N)c2nc3ccccc3n2C)c1. The van der Waals surface area contributed by atoms with Gasteiger partial charge in [-0.1, -0.05) is 56.3 Å². The Balaban J connectivity index is 1.69. The molecular weight excluding hydrogens is 508 g/mol. The first-order valence-electron chi connectivity index (χ1n) is 12.7. The minimum absolute atomic E-state index is 0.198. The number of nitrogens with zero attached hydrogens (tertiary/aromatic N) is 6. The summed E-state index contributed by atoms with van der Waals surface area (Å²) in [6.07, 6.45) is 3.60. The fourth-order valence-electron chi connectivity index (χ4n) is 4.64. The van der Waals surface area contributed by atoms with Crippen LogP contribution in [0.15, 0.2) is 90.0 Å². The Kier molecular flexibility index (Phi) is 7.15. The minimum Gasteiger partial charge on any atom is -0.327 e. The van der Waals surface area contributed by atoms with Crippen molar-refractivity contribution in [3.05, 3.63) is 96.4 Å². The van der Waals surface area contributed by atoms with Crippen LogP contribution in [-0.2, 0) is 17.1 Å². The molecule has 0 saturated carbocycles. The van der Waals surface area contributed by atoms with Gasteiger partial charge in [0.2, 0.25) is 10.0 Å². The monoisotopic (exact) mass is 536 g/mol. The summed E-state index contributed by atoms with van der Waals surface area (Å²) in [6, 6.07) is 26.4. The van der Waals surface area contributed by atoms with Crippen LogP contribution in [0.25, 0.3) is 39.6 Å². The second-order valence-electron chi connectivity index (χ2n) is 8.98. The van der Waals surface area contributed by atoms with Gasteiger partial charge in [-0.25, -0.2) is 18.1 Å². The van der Waals surface area contributed by atoms with Crippen molar-refractivity contribution < 1.29 is 8.42 Å². The Bertz CT molecular complexity index is 1820. The molecule has 0 aliphatic carbocycles. The zero-order chi connectivity index (χ0) is 27.6. The van der Waals surface area contributed by atoms with Crippen molar-refractivity contribution in [2.45, 2.75) is 18.7 Å². The lowest BCUT2D eigenvalue weighted by molar-refractivity contribution is 0.445. The van der Waals surface area contributed by atoms with E-state index in [2.05, 4.69) is 6.07 Å². The number of hydrogen-bond donors (Lipinski definition) is 0. The van der Waals surface area contributed by atoms with E-state index in [4.69, 9.17) is 10.1 Å². The molecule has 0 atom stereocenters. The molecule has 0 N–H and O–H groups in total. The summed E-state index contributed by atoms with van der Waals surface area (Å²) in [5.41, 5.74) is 4.78. The molecule has 9 heteroatoms. The van der Waals surface area contributed by atoms with Gasteiger partial charge < -0.3 is 4.57 Å². The van der Waals surface area contributed by atoms with Gasteiger partial charge in [0, 0.05) is 37.5 Å². The smallest absolute Gasteiger partial charge is 0.243 e. The average molecular weight is 537 g/mol. The summed E-state index contributed by atoms with van der Waals surface area (Å²) in [5, 5.41) is 15.0. The number of allylic oxidation sites excluding steroid dienone is 1. The maximum Gasteiger partial charge on any atom is 0.243 e. The van der Waals surface area contributed by atoms with Crippen molar-refractivity contribution in [2.24, 2.45) is 7.05 Å². The van der Waals surface area contributed by atoms with Gasteiger partial charge in [0.1, 0.15) is 11.8 Å². The van der Waals surface area contributed by atoms with Gasteiger partial charge in [0.25, 0.3) is 0 Å². The van der Waals surface area contributed by atoms with E-state index in [0.29, 0.717) is 41.3 Å². The third-order valence-electron chi connectivity index (χ3n) is 6.66. The maximum absolute atomic E-state index is 13.3. The van der Waals surface area contributed by atoms with E-state index in [0.717, 1.165) is 16.7 Å². The molecule has 2 aromatic heterocycles. The summed E-state index contributed by atoms with van der Waals surface area (Å²) < 4.78 is 31.6. The van der Waals surface area contributed by atoms with Crippen LogP contribution in [0.4, 0.5) is 0 Å². The zero-order valence-corrected chi connectivity index (χ0v) is 22.8. The van der Waals surface area contributed by atoms with E-state index in [1.54, 1.807) is 29.0 Å². The molecule has 39 heavy (non-hydrogen) atoms. The highest BCUT2D eigenvalue weighted by Gasteiger charge is 2.23. The topological polar surface area (TPSA) is 96.8 Å². The highest BCUT2D eigenvalue weighted by Crippen LogP contribution is 2.30. The van der Waals surface area contributed by atoms with Crippen LogP contribution in [-0.4, -0.2) is 45.1 Å². The molecule has 0 unspecified atom stereocenters. The van der Waals surface area contributed by atoms with Crippen molar-refractivity contribution in [3.63, 3.8) is 0 Å². The highest BCUT2D eigenvalue weighted by molar-refractivity contribution is 7.89. The Labute approximate surface area is 228 Å². The van der Waals surface area contributed by atoms with Crippen molar-refractivity contribution >= 4 is 32.7 Å². The van der Waals surface area contributed by atoms with E-state index in [1.165, 1.54) is 4.31 Å². The van der Waals surface area contributed by atoms with E-state index < -0.39 is 10.0 Å². The number of benzene rings is 3. The van der Waals surface area contributed by atoms with Gasteiger partial charge >= 0.3 is 0 Å². The molecule has 196 valence electrons. The lowest BCUT2D eigenvalue weighted by atomic mass is 10.1. The van der Waals surface area contributed by atoms with Gasteiger partial charge in [-0.05, 0) is 42.5 Å². The molecule has 0 amide bonds. The maximum atomic E-state index is 13.3. The number of imidazole rings is 1. The summed E-state index contributed by atoms with van der Waals surface area (Å²) in [5.74, 6) is 0.537. The van der Waals surface area contributed by atoms with Crippen molar-refractivity contribution in [1.82, 2.24) is 23.6 Å². The second kappa shape index (κ2) is 10.7. The number of aromatic nitrogens is 4. The van der Waals surface area contributed by atoms with E-state index in [1.807, 2.05) is 92.3 Å². The second-order valence-corrected chi connectivity index (χ2v) is 10.9. The number of hydrogen-bond acceptors (Lipinski definition) is 5. The number of sulfonamides is 1. The van der Waals surface area contributed by atoms with Gasteiger partial charge in [-0.15, -0.1) is 0 Å². The van der Waals surface area contributed by atoms with E-state index in [-0.39, 0.29) is 4.90 Å². The van der Waals surface area contributed by atoms with E-state index in [9.17, 15) is 13.7 Å². The molecule has 0 bridgehead atoms. The van der Waals surface area contributed by atoms with Crippen LogP contribution >= 0.6 is 0 Å². The average Bonchev–Trinajstić information content (AvgIpc) is 3.54. The summed E-state index contributed by atoms with van der Waals surface area (Å²) in [4.78, 5) is 4.89. The lowest BCUT2D eigenvalue weighted by Crippen LogP contribution is -2.30. The Morgan fingerprint density at radius 2 is 1.72 bits per heavy atom. The Hall–Kier alpha value is -4.52. The Morgan fingerprint density at radius 3 is 2.41 bits per heavy atom. The fourth-order valence-corrected chi connectivity index (χ4v) is 6.14. The molecule has 0 saturated heterocycles. The normalized spacial score (nSPS) is 12.2. The third-order valence-corrected chi connectivity index (χ3v) is 8.71. The van der Waals surface area contributed by atoms with Gasteiger partial charge in [-0.2, -0.15) is 14.7 Å². The quantitative estimate of drug-likeness (QED) is 0.243. The van der Waals surface area contributed by atoms with Crippen molar-refractivity contribution in [1.29, 1.82) is 5.26 Å². The van der Waals surface area contributed by atoms with Crippen LogP contribution in [0, 0.1) is 11.3 Å². The van der Waals surface area contributed by atoms with Gasteiger partial charge in [-0.3, -0.25) is 0 Å². The zero-order valence-electron chi connectivity index (χ0n) is 22.0. The molecule has 5 rings (SSSR count). The van der Waals surface area contributed by atoms with Crippen molar-refractivity contribution in [2.75, 3.05) is 13.1 Å². The lowest BCUT2D eigenvalue weighted by Gasteiger charge is -2.18. The molecule has 0 aliphatic rings. The van der Waals surface area contributed by atoms with Crippen molar-refractivity contribution in [3.8, 4) is 23.0 Å². The molecule has 0 radical (unpaired) electrons. The predicted molar refractivity (Wildman–Crippen MR) is 153 cm³/mol. The summed E-state index contributed by atoms with van der Waals surface area (Å²) in [7, 11) is -1.78. The number of fused-ring (bicyclic) bond motifs is 1. The van der Waals surface area contributed by atoms with Crippen LogP contribution in [0.2, 0.25) is 0 Å². The van der Waals surface area contributed by atoms with Crippen LogP contribution in [0.1, 0.15) is 25.2 Å². The largest absolute Gasteiger partial charge is 0.327 e. The number of nitriles is 1. The first-order valence-corrected chi connectivity index (χ1v) is 14.1. The predicted octanol–water partition coefficient (Wildman–Crippen LogP) is 5.52. The van der Waals surface area contributed by atoms with E-state index >= 15 is 0 Å². The van der Waals surface area contributed by atoms with Gasteiger partial charge in [0.15, 0.2) is 5.82 Å². The molecule has 0 spiro atoms. The first kappa shape index (κ1) is 26.1. The van der Waals surface area contributed by atoms with Crippen LogP contribution < -0.4 is 0 Å². The molecule has 2 heterocycles. The standard InChI is InChI=1S/C30H28N6O2S/c1-4-35(5-2)39(37,38)26-15-11-12-22(19-26)29-24(21-36(33-29)25-13-7-6-8-14-25)18-23(20-31)30-32-27-16-9-10-17-28(27)34(30)3/h6-19,21H,4-5H2,1-3H3/b23-18+. The highest BCUT2D eigenvalue weighted by atomic mass is 32.2. The number of para-hydroxylation sites is 3. The molecule has 3 aromatic carbocycles. The van der Waals surface area contributed by atoms with Crippen LogP contribution in [0.5, 0.6) is 0 Å². The summed E-state index contributed by atoms with van der Waals surface area (Å²) in [6.45, 7) is 4.39. The molecular formula is C30H28N6O2S. The number of rotatable bonds is 8. The molecule has 5 aromatic rings. The minimum atomic E-state index is -3.66. The summed E-state index contributed by atoms with van der Waals surface area (Å²) >= 11 is 0. The first-order chi connectivity index (χ1) is 18.9.